The van der Waals surface area contributed by atoms with Crippen LogP contribution in [0.4, 0.5) is 11.4 Å². The van der Waals surface area contributed by atoms with Crippen LogP contribution in [0.2, 0.25) is 10.0 Å². The van der Waals surface area contributed by atoms with Gasteiger partial charge in [0.2, 0.25) is 0 Å². The number of ether oxygens (including phenoxy) is 1. The molecule has 2 amide bonds. The Kier molecular flexibility index (Phi) is 6.20. The topological polar surface area (TPSA) is 76.5 Å². The lowest BCUT2D eigenvalue weighted by atomic mass is 9.86. The quantitative estimate of drug-likeness (QED) is 0.274. The molecule has 3 heterocycles. The average Bonchev–Trinajstić information content (AvgIpc) is 3.53. The highest BCUT2D eigenvalue weighted by Gasteiger charge is 2.64. The van der Waals surface area contributed by atoms with Crippen LogP contribution in [0.25, 0.3) is 11.4 Å². The lowest BCUT2D eigenvalue weighted by molar-refractivity contribution is -0.119. The van der Waals surface area contributed by atoms with Crippen LogP contribution in [-0.4, -0.2) is 28.5 Å². The van der Waals surface area contributed by atoms with Crippen LogP contribution in [0.1, 0.15) is 59.7 Å². The summed E-state index contributed by atoms with van der Waals surface area (Å²) in [5.74, 6) is 0.461. The zero-order valence-corrected chi connectivity index (χ0v) is 24.3. The fourth-order valence-corrected chi connectivity index (χ4v) is 6.30. The van der Waals surface area contributed by atoms with Gasteiger partial charge < -0.3 is 14.6 Å². The molecule has 9 heteroatoms. The Morgan fingerprint density at radius 3 is 2.45 bits per heavy atom. The van der Waals surface area contributed by atoms with Crippen molar-refractivity contribution in [1.82, 2.24) is 9.55 Å². The number of carbonyl (C=O) groups is 2. The maximum Gasteiger partial charge on any atom is 0.280 e. The number of carbonyl (C=O) groups excluding carboxylic acids is 2. The van der Waals surface area contributed by atoms with Crippen LogP contribution in [-0.2, 0) is 16.8 Å². The number of hydrogen-bond acceptors (Lipinski definition) is 4. The van der Waals surface area contributed by atoms with Crippen molar-refractivity contribution in [3.8, 4) is 17.1 Å². The van der Waals surface area contributed by atoms with Crippen LogP contribution in [0.15, 0.2) is 54.6 Å². The number of imidazole rings is 1. The highest BCUT2D eigenvalue weighted by atomic mass is 35.5. The van der Waals surface area contributed by atoms with Crippen molar-refractivity contribution in [2.45, 2.75) is 45.7 Å². The molecule has 1 spiro atoms. The average molecular weight is 575 g/mol. The van der Waals surface area contributed by atoms with Gasteiger partial charge in [0.15, 0.2) is 11.2 Å². The summed E-state index contributed by atoms with van der Waals surface area (Å²) in [5.41, 5.74) is 3.54. The molecule has 0 fully saturated rings. The highest BCUT2D eigenvalue weighted by molar-refractivity contribution is 6.32. The minimum atomic E-state index is -1.53. The van der Waals surface area contributed by atoms with Gasteiger partial charge in [-0.2, -0.15) is 0 Å². The minimum Gasteiger partial charge on any atom is -0.496 e. The molecule has 2 aliphatic heterocycles. The lowest BCUT2D eigenvalue weighted by Crippen LogP contribution is -2.51. The van der Waals surface area contributed by atoms with Gasteiger partial charge in [-0.1, -0.05) is 48.3 Å². The number of nitrogens with zero attached hydrogens (tertiary/aromatic N) is 3. The molecule has 0 saturated carbocycles. The number of fused-ring (bicyclic) bond motifs is 4. The smallest absolute Gasteiger partial charge is 0.280 e. The molecule has 0 saturated heterocycles. The summed E-state index contributed by atoms with van der Waals surface area (Å²) in [4.78, 5) is 35.3. The zero-order chi connectivity index (χ0) is 28.5. The maximum atomic E-state index is 14.5. The second-order valence-corrected chi connectivity index (χ2v) is 11.3. The predicted octanol–water partition coefficient (Wildman–Crippen LogP) is 7.17. The summed E-state index contributed by atoms with van der Waals surface area (Å²) < 4.78 is 7.76. The molecule has 0 aliphatic carbocycles. The summed E-state index contributed by atoms with van der Waals surface area (Å²) in [6.07, 6.45) is 0.848. The van der Waals surface area contributed by atoms with E-state index < -0.39 is 5.54 Å². The number of halogens is 2. The molecule has 1 atom stereocenters. The molecular weight excluding hydrogens is 547 g/mol. The Bertz CT molecular complexity index is 1730. The first-order valence-corrected chi connectivity index (χ1v) is 13.9. The predicted molar refractivity (Wildman–Crippen MR) is 158 cm³/mol. The highest BCUT2D eigenvalue weighted by Crippen LogP contribution is 2.55. The van der Waals surface area contributed by atoms with Gasteiger partial charge in [0.05, 0.1) is 24.1 Å². The van der Waals surface area contributed by atoms with E-state index in [9.17, 15) is 9.59 Å². The third-order valence-electron chi connectivity index (χ3n) is 7.79. The van der Waals surface area contributed by atoms with Crippen molar-refractivity contribution in [3.05, 3.63) is 92.7 Å². The van der Waals surface area contributed by atoms with Crippen molar-refractivity contribution in [2.24, 2.45) is 0 Å². The van der Waals surface area contributed by atoms with Crippen molar-refractivity contribution in [1.29, 1.82) is 0 Å². The second-order valence-electron chi connectivity index (χ2n) is 10.4. The van der Waals surface area contributed by atoms with E-state index in [1.165, 1.54) is 0 Å². The van der Waals surface area contributed by atoms with E-state index in [0.29, 0.717) is 44.3 Å². The molecule has 0 bridgehead atoms. The van der Waals surface area contributed by atoms with Gasteiger partial charge in [-0.3, -0.25) is 14.5 Å². The Hall–Kier alpha value is -3.81. The van der Waals surface area contributed by atoms with Crippen molar-refractivity contribution < 1.29 is 14.3 Å². The van der Waals surface area contributed by atoms with Crippen LogP contribution in [0.3, 0.4) is 0 Å². The van der Waals surface area contributed by atoms with Gasteiger partial charge in [-0.25, -0.2) is 4.98 Å². The summed E-state index contributed by atoms with van der Waals surface area (Å²) in [6, 6.07) is 16.4. The van der Waals surface area contributed by atoms with E-state index in [4.69, 9.17) is 32.9 Å². The van der Waals surface area contributed by atoms with E-state index in [1.54, 1.807) is 42.3 Å². The normalized spacial score (nSPS) is 17.6. The lowest BCUT2D eigenvalue weighted by Gasteiger charge is -2.36. The summed E-state index contributed by atoms with van der Waals surface area (Å²) in [5, 5.41) is 3.93. The molecule has 1 aromatic heterocycles. The molecule has 0 unspecified atom stereocenters. The van der Waals surface area contributed by atoms with E-state index in [-0.39, 0.29) is 23.6 Å². The van der Waals surface area contributed by atoms with Crippen LogP contribution >= 0.6 is 23.2 Å². The Morgan fingerprint density at radius 1 is 1.02 bits per heavy atom. The molecule has 2 aliphatic rings. The molecule has 204 valence electrons. The standard InChI is InChI=1S/C31H28Cl2N4O3/c1-6-18-8-11-21(25(13-18)40-5)28-35-26-27(36(28)16(2)3)31(22-12-10-19(32)14-23(22)34-30(31)39)37(29(26)38)24-15-20(33)9-7-17(24)4/h7-16H,6H2,1-5H3,(H,34,39)/t31-/m0/s1. The summed E-state index contributed by atoms with van der Waals surface area (Å²) >= 11 is 12.8. The van der Waals surface area contributed by atoms with Gasteiger partial charge in [-0.15, -0.1) is 0 Å². The third kappa shape index (κ3) is 3.54. The van der Waals surface area contributed by atoms with E-state index >= 15 is 0 Å². The Balaban J connectivity index is 1.73. The largest absolute Gasteiger partial charge is 0.496 e. The molecule has 6 rings (SSSR count). The SMILES string of the molecule is CCc1ccc(-c2nc3c(n2C(C)C)[C@@]2(C(=O)Nc4cc(Cl)ccc42)N(c2cc(Cl)ccc2C)C3=O)c(OC)c1. The maximum absolute atomic E-state index is 14.5. The van der Waals surface area contributed by atoms with Gasteiger partial charge in [0, 0.05) is 27.3 Å². The van der Waals surface area contributed by atoms with Gasteiger partial charge in [0.25, 0.3) is 11.8 Å². The van der Waals surface area contributed by atoms with Gasteiger partial charge in [0.1, 0.15) is 11.6 Å². The Morgan fingerprint density at radius 2 is 1.75 bits per heavy atom. The first-order valence-electron chi connectivity index (χ1n) is 13.2. The van der Waals surface area contributed by atoms with Gasteiger partial charge in [-0.05, 0) is 74.7 Å². The first kappa shape index (κ1) is 26.4. The van der Waals surface area contributed by atoms with E-state index in [2.05, 4.69) is 12.2 Å². The number of benzene rings is 3. The molecule has 40 heavy (non-hydrogen) atoms. The monoisotopic (exact) mass is 574 g/mol. The van der Waals surface area contributed by atoms with Crippen molar-refractivity contribution >= 4 is 46.4 Å². The molecular formula is C31H28Cl2N4O3. The Labute approximate surface area is 242 Å². The van der Waals surface area contributed by atoms with Crippen molar-refractivity contribution in [2.75, 3.05) is 17.3 Å². The molecule has 4 aromatic rings. The van der Waals surface area contributed by atoms with E-state index in [0.717, 1.165) is 23.1 Å². The number of aromatic nitrogens is 2. The number of hydrogen-bond donors (Lipinski definition) is 1. The molecule has 0 radical (unpaired) electrons. The number of aryl methyl sites for hydroxylation is 2. The number of rotatable bonds is 5. The van der Waals surface area contributed by atoms with Crippen LogP contribution in [0, 0.1) is 6.92 Å². The number of amides is 2. The minimum absolute atomic E-state index is 0.156. The number of nitrogens with one attached hydrogen (secondary N) is 1. The zero-order valence-electron chi connectivity index (χ0n) is 22.8. The van der Waals surface area contributed by atoms with Crippen molar-refractivity contribution in [3.63, 3.8) is 0 Å². The number of anilines is 2. The molecule has 7 nitrogen and oxygen atoms in total. The molecule has 3 aromatic carbocycles. The van der Waals surface area contributed by atoms with E-state index in [1.807, 2.05) is 49.6 Å². The van der Waals surface area contributed by atoms with Crippen LogP contribution < -0.4 is 15.0 Å². The fourth-order valence-electron chi connectivity index (χ4n) is 5.97. The third-order valence-corrected chi connectivity index (χ3v) is 8.26. The van der Waals surface area contributed by atoms with Gasteiger partial charge >= 0.3 is 0 Å². The summed E-state index contributed by atoms with van der Waals surface area (Å²) in [6.45, 7) is 7.99. The first-order chi connectivity index (χ1) is 19.1. The second kappa shape index (κ2) is 9.39. The number of methoxy groups -OCH3 is 1. The fraction of sp³-hybridized carbons (Fsp3) is 0.258. The van der Waals surface area contributed by atoms with Crippen LogP contribution in [0.5, 0.6) is 5.75 Å². The molecule has 1 N–H and O–H groups in total. The summed E-state index contributed by atoms with van der Waals surface area (Å²) in [7, 11) is 1.62.